The number of hydrogen-bond acceptors (Lipinski definition) is 4. The standard InChI is InChI=1S/C18H17N3O2/c22-12-16-18(17-9-4-10-23-17)21(20-19-16)11-14-7-3-6-13-5-1-2-8-15(13)14/h1-3,5-8,12,17H,4,9-11H2. The van der Waals surface area contributed by atoms with E-state index in [1.54, 1.807) is 0 Å². The van der Waals surface area contributed by atoms with Gasteiger partial charge in [0.05, 0.1) is 12.2 Å². The van der Waals surface area contributed by atoms with Gasteiger partial charge in [0.15, 0.2) is 12.0 Å². The minimum atomic E-state index is -0.0832. The van der Waals surface area contributed by atoms with Crippen molar-refractivity contribution < 1.29 is 9.53 Å². The van der Waals surface area contributed by atoms with E-state index in [1.165, 1.54) is 10.8 Å². The van der Waals surface area contributed by atoms with Crippen LogP contribution >= 0.6 is 0 Å². The number of aldehydes is 1. The number of aromatic nitrogens is 3. The molecule has 1 unspecified atom stereocenters. The second-order valence-corrected chi connectivity index (χ2v) is 5.78. The van der Waals surface area contributed by atoms with Crippen molar-refractivity contribution in [3.05, 3.63) is 59.4 Å². The highest BCUT2D eigenvalue weighted by atomic mass is 16.5. The molecule has 0 aliphatic carbocycles. The van der Waals surface area contributed by atoms with Crippen LogP contribution in [0, 0.1) is 0 Å². The number of ether oxygens (including phenoxy) is 1. The Morgan fingerprint density at radius 3 is 2.91 bits per heavy atom. The first-order valence-corrected chi connectivity index (χ1v) is 7.83. The summed E-state index contributed by atoms with van der Waals surface area (Å²) in [6.45, 7) is 1.31. The summed E-state index contributed by atoms with van der Waals surface area (Å²) in [7, 11) is 0. The molecule has 5 heteroatoms. The SMILES string of the molecule is O=Cc1nnn(Cc2cccc3ccccc23)c1C1CCCO1. The van der Waals surface area contributed by atoms with E-state index in [9.17, 15) is 4.79 Å². The van der Waals surface area contributed by atoms with Gasteiger partial charge in [0.25, 0.3) is 0 Å². The summed E-state index contributed by atoms with van der Waals surface area (Å²) in [6, 6.07) is 14.5. The zero-order chi connectivity index (χ0) is 15.6. The maximum atomic E-state index is 11.3. The Morgan fingerprint density at radius 1 is 1.22 bits per heavy atom. The number of rotatable bonds is 4. The first-order valence-electron chi connectivity index (χ1n) is 7.83. The van der Waals surface area contributed by atoms with Gasteiger partial charge in [-0.15, -0.1) is 5.10 Å². The normalized spacial score (nSPS) is 17.7. The molecule has 0 N–H and O–H groups in total. The summed E-state index contributed by atoms with van der Waals surface area (Å²) in [5.41, 5.74) is 2.34. The second kappa shape index (κ2) is 5.93. The van der Waals surface area contributed by atoms with Crippen LogP contribution in [-0.2, 0) is 11.3 Å². The Balaban J connectivity index is 1.76. The monoisotopic (exact) mass is 307 g/mol. The lowest BCUT2D eigenvalue weighted by Crippen LogP contribution is -2.11. The Morgan fingerprint density at radius 2 is 2.09 bits per heavy atom. The van der Waals surface area contributed by atoms with Gasteiger partial charge in [0.2, 0.25) is 0 Å². The zero-order valence-corrected chi connectivity index (χ0v) is 12.7. The van der Waals surface area contributed by atoms with Gasteiger partial charge in [0.1, 0.15) is 6.10 Å². The highest BCUT2D eigenvalue weighted by Gasteiger charge is 2.26. The van der Waals surface area contributed by atoms with E-state index in [4.69, 9.17) is 4.74 Å². The first-order chi connectivity index (χ1) is 11.4. The third-order valence-corrected chi connectivity index (χ3v) is 4.35. The van der Waals surface area contributed by atoms with Crippen LogP contribution in [0.2, 0.25) is 0 Å². The minimum Gasteiger partial charge on any atom is -0.372 e. The highest BCUT2D eigenvalue weighted by molar-refractivity contribution is 5.85. The topological polar surface area (TPSA) is 57.0 Å². The van der Waals surface area contributed by atoms with Gasteiger partial charge in [-0.05, 0) is 29.2 Å². The maximum Gasteiger partial charge on any atom is 0.172 e. The van der Waals surface area contributed by atoms with Gasteiger partial charge in [-0.1, -0.05) is 47.7 Å². The molecule has 0 radical (unpaired) electrons. The molecule has 0 amide bonds. The van der Waals surface area contributed by atoms with E-state index in [0.29, 0.717) is 12.2 Å². The van der Waals surface area contributed by atoms with Crippen molar-refractivity contribution in [2.24, 2.45) is 0 Å². The van der Waals surface area contributed by atoms with E-state index in [1.807, 2.05) is 22.9 Å². The molecular formula is C18H17N3O2. The molecule has 1 atom stereocenters. The summed E-state index contributed by atoms with van der Waals surface area (Å²) in [4.78, 5) is 11.3. The molecule has 23 heavy (non-hydrogen) atoms. The van der Waals surface area contributed by atoms with Crippen LogP contribution < -0.4 is 0 Å². The molecule has 1 aliphatic rings. The smallest absolute Gasteiger partial charge is 0.172 e. The summed E-state index contributed by atoms with van der Waals surface area (Å²) >= 11 is 0. The molecule has 0 saturated carbocycles. The molecular weight excluding hydrogens is 290 g/mol. The van der Waals surface area contributed by atoms with Gasteiger partial charge in [-0.25, -0.2) is 4.68 Å². The molecule has 4 rings (SSSR count). The van der Waals surface area contributed by atoms with Gasteiger partial charge < -0.3 is 4.74 Å². The number of carbonyl (C=O) groups is 1. The van der Waals surface area contributed by atoms with Crippen LogP contribution in [0.5, 0.6) is 0 Å². The predicted molar refractivity (Wildman–Crippen MR) is 86.4 cm³/mol. The Hall–Kier alpha value is -2.53. The molecule has 0 spiro atoms. The quantitative estimate of drug-likeness (QED) is 0.695. The van der Waals surface area contributed by atoms with E-state index in [0.717, 1.165) is 37.0 Å². The molecule has 5 nitrogen and oxygen atoms in total. The van der Waals surface area contributed by atoms with Crippen LogP contribution in [0.15, 0.2) is 42.5 Å². The largest absolute Gasteiger partial charge is 0.372 e. The molecule has 3 aromatic rings. The van der Waals surface area contributed by atoms with Crippen molar-refractivity contribution in [1.29, 1.82) is 0 Å². The lowest BCUT2D eigenvalue weighted by Gasteiger charge is -2.13. The van der Waals surface area contributed by atoms with E-state index in [2.05, 4.69) is 34.6 Å². The van der Waals surface area contributed by atoms with Gasteiger partial charge in [-0.3, -0.25) is 4.79 Å². The molecule has 116 valence electrons. The predicted octanol–water partition coefficient (Wildman–Crippen LogP) is 3.14. The number of fused-ring (bicyclic) bond motifs is 1. The zero-order valence-electron chi connectivity index (χ0n) is 12.7. The Kier molecular flexibility index (Phi) is 3.63. The average molecular weight is 307 g/mol. The summed E-state index contributed by atoms with van der Waals surface area (Å²) in [5.74, 6) is 0. The number of hydrogen-bond donors (Lipinski definition) is 0. The summed E-state index contributed by atoms with van der Waals surface area (Å²) in [6.07, 6.45) is 2.59. The fraction of sp³-hybridized carbons (Fsp3) is 0.278. The van der Waals surface area contributed by atoms with Crippen molar-refractivity contribution >= 4 is 17.1 Å². The van der Waals surface area contributed by atoms with E-state index < -0.39 is 0 Å². The fourth-order valence-corrected chi connectivity index (χ4v) is 3.25. The summed E-state index contributed by atoms with van der Waals surface area (Å²) in [5, 5.41) is 10.6. The van der Waals surface area contributed by atoms with Crippen molar-refractivity contribution in [1.82, 2.24) is 15.0 Å². The maximum absolute atomic E-state index is 11.3. The average Bonchev–Trinajstić information content (AvgIpc) is 3.24. The van der Waals surface area contributed by atoms with Crippen molar-refractivity contribution in [2.75, 3.05) is 6.61 Å². The molecule has 2 heterocycles. The van der Waals surface area contributed by atoms with Crippen LogP contribution in [0.1, 0.15) is 40.7 Å². The van der Waals surface area contributed by atoms with E-state index >= 15 is 0 Å². The number of carbonyl (C=O) groups excluding carboxylic acids is 1. The van der Waals surface area contributed by atoms with Gasteiger partial charge in [0, 0.05) is 6.61 Å². The van der Waals surface area contributed by atoms with E-state index in [-0.39, 0.29) is 6.10 Å². The minimum absolute atomic E-state index is 0.0832. The van der Waals surface area contributed by atoms with Crippen LogP contribution in [-0.4, -0.2) is 27.9 Å². The van der Waals surface area contributed by atoms with Crippen molar-refractivity contribution in [2.45, 2.75) is 25.5 Å². The van der Waals surface area contributed by atoms with Gasteiger partial charge >= 0.3 is 0 Å². The first kappa shape index (κ1) is 14.1. The van der Waals surface area contributed by atoms with Crippen LogP contribution in [0.3, 0.4) is 0 Å². The Bertz CT molecular complexity index is 845. The molecule has 1 fully saturated rings. The third-order valence-electron chi connectivity index (χ3n) is 4.35. The lowest BCUT2D eigenvalue weighted by atomic mass is 10.0. The van der Waals surface area contributed by atoms with Crippen LogP contribution in [0.4, 0.5) is 0 Å². The highest BCUT2D eigenvalue weighted by Crippen LogP contribution is 2.30. The van der Waals surface area contributed by atoms with Crippen molar-refractivity contribution in [3.8, 4) is 0 Å². The number of benzene rings is 2. The van der Waals surface area contributed by atoms with Crippen molar-refractivity contribution in [3.63, 3.8) is 0 Å². The van der Waals surface area contributed by atoms with Gasteiger partial charge in [-0.2, -0.15) is 0 Å². The second-order valence-electron chi connectivity index (χ2n) is 5.78. The summed E-state index contributed by atoms with van der Waals surface area (Å²) < 4.78 is 7.55. The third kappa shape index (κ3) is 2.53. The molecule has 1 saturated heterocycles. The lowest BCUT2D eigenvalue weighted by molar-refractivity contribution is 0.101. The fourth-order valence-electron chi connectivity index (χ4n) is 3.25. The molecule has 2 aromatic carbocycles. The molecule has 1 aliphatic heterocycles. The van der Waals surface area contributed by atoms with Crippen LogP contribution in [0.25, 0.3) is 10.8 Å². The number of nitrogens with zero attached hydrogens (tertiary/aromatic N) is 3. The molecule has 0 bridgehead atoms. The molecule has 1 aromatic heterocycles. The Labute approximate surface area is 133 Å².